The molecule has 3 heterocycles. The van der Waals surface area contributed by atoms with E-state index in [-0.39, 0.29) is 43.3 Å². The van der Waals surface area contributed by atoms with Crippen LogP contribution in [0.15, 0.2) is 49.6 Å². The van der Waals surface area contributed by atoms with Crippen molar-refractivity contribution in [2.75, 3.05) is 31.2 Å². The Morgan fingerprint density at radius 2 is 1.81 bits per heavy atom. The number of nitrogens with zero attached hydrogens (tertiary/aromatic N) is 3. The van der Waals surface area contributed by atoms with Crippen molar-refractivity contribution in [2.45, 2.75) is 83.7 Å². The summed E-state index contributed by atoms with van der Waals surface area (Å²) in [4.78, 5) is 48.4. The molecule has 9 heteroatoms. The van der Waals surface area contributed by atoms with E-state index in [0.717, 1.165) is 0 Å². The lowest BCUT2D eigenvalue weighted by molar-refractivity contribution is -0.158. The minimum atomic E-state index is -1.21. The van der Waals surface area contributed by atoms with Crippen LogP contribution in [0.5, 0.6) is 5.75 Å². The molecule has 0 aromatic heterocycles. The molecule has 230 valence electrons. The minimum absolute atomic E-state index is 0.108. The fourth-order valence-corrected chi connectivity index (χ4v) is 7.37. The second-order valence-corrected chi connectivity index (χ2v) is 13.1. The molecule has 1 aromatic rings. The van der Waals surface area contributed by atoms with Gasteiger partial charge in [-0.05, 0) is 78.1 Å². The third kappa shape index (κ3) is 4.84. The highest BCUT2D eigenvalue weighted by atomic mass is 16.5. The summed E-state index contributed by atoms with van der Waals surface area (Å²) in [5.41, 5.74) is -2.09. The van der Waals surface area contributed by atoms with Gasteiger partial charge in [0, 0.05) is 24.3 Å². The molecule has 3 saturated heterocycles. The number of anilines is 1. The van der Waals surface area contributed by atoms with E-state index in [9.17, 15) is 19.5 Å². The first-order valence-electron chi connectivity index (χ1n) is 14.9. The number of aliphatic hydroxyl groups excluding tert-OH is 1. The Hall–Kier alpha value is -3.17. The maximum atomic E-state index is 14.6. The van der Waals surface area contributed by atoms with E-state index in [4.69, 9.17) is 9.47 Å². The van der Waals surface area contributed by atoms with Gasteiger partial charge in [0.05, 0.1) is 36.7 Å². The number of benzene rings is 1. The van der Waals surface area contributed by atoms with Crippen LogP contribution in [0.3, 0.4) is 0 Å². The Labute approximate surface area is 250 Å². The predicted molar refractivity (Wildman–Crippen MR) is 162 cm³/mol. The molecule has 42 heavy (non-hydrogen) atoms. The van der Waals surface area contributed by atoms with Gasteiger partial charge in [0.2, 0.25) is 17.7 Å². The summed E-state index contributed by atoms with van der Waals surface area (Å²) in [5.74, 6) is -1.98. The maximum Gasteiger partial charge on any atom is 0.249 e. The van der Waals surface area contributed by atoms with Gasteiger partial charge in [-0.1, -0.05) is 19.1 Å². The molecule has 9 nitrogen and oxygen atoms in total. The highest BCUT2D eigenvalue weighted by molar-refractivity contribution is 6.03. The smallest absolute Gasteiger partial charge is 0.249 e. The van der Waals surface area contributed by atoms with Crippen molar-refractivity contribution >= 4 is 23.4 Å². The molecule has 3 aliphatic heterocycles. The normalized spacial score (nSPS) is 30.6. The number of likely N-dealkylation sites (tertiary alicyclic amines) is 1. The van der Waals surface area contributed by atoms with Gasteiger partial charge in [-0.3, -0.25) is 14.4 Å². The molecular weight excluding hydrogens is 534 g/mol. The second kappa shape index (κ2) is 11.5. The Morgan fingerprint density at radius 3 is 2.33 bits per heavy atom. The molecular formula is C33H47N3O6. The van der Waals surface area contributed by atoms with Crippen LogP contribution in [-0.2, 0) is 19.1 Å². The minimum Gasteiger partial charge on any atom is -0.494 e. The highest BCUT2D eigenvalue weighted by Gasteiger charge is 2.80. The van der Waals surface area contributed by atoms with Crippen LogP contribution in [0.1, 0.15) is 54.9 Å². The molecule has 3 unspecified atom stereocenters. The number of rotatable bonds is 11. The van der Waals surface area contributed by atoms with Gasteiger partial charge in [0.15, 0.2) is 0 Å². The summed E-state index contributed by atoms with van der Waals surface area (Å²) in [7, 11) is 0. The van der Waals surface area contributed by atoms with Crippen LogP contribution in [0.4, 0.5) is 5.69 Å². The Bertz CT molecular complexity index is 1230. The van der Waals surface area contributed by atoms with Crippen LogP contribution >= 0.6 is 0 Å². The Balaban J connectivity index is 1.84. The van der Waals surface area contributed by atoms with Gasteiger partial charge in [0.25, 0.3) is 0 Å². The second-order valence-electron chi connectivity index (χ2n) is 13.1. The molecule has 0 radical (unpaired) electrons. The van der Waals surface area contributed by atoms with Gasteiger partial charge >= 0.3 is 0 Å². The summed E-state index contributed by atoms with van der Waals surface area (Å²) in [6, 6.07) is 5.63. The zero-order chi connectivity index (χ0) is 31.2. The first kappa shape index (κ1) is 31.8. The highest BCUT2D eigenvalue weighted by Crippen LogP contribution is 2.66. The molecule has 1 N–H and O–H groups in total. The van der Waals surface area contributed by atoms with Crippen molar-refractivity contribution in [2.24, 2.45) is 17.8 Å². The van der Waals surface area contributed by atoms with E-state index in [1.165, 1.54) is 4.90 Å². The molecule has 0 aliphatic carbocycles. The summed E-state index contributed by atoms with van der Waals surface area (Å²) in [5, 5.41) is 10.2. The fraction of sp³-hybridized carbons (Fsp3) is 0.606. The number of amides is 3. The molecule has 3 fully saturated rings. The van der Waals surface area contributed by atoms with Crippen molar-refractivity contribution in [3.63, 3.8) is 0 Å². The van der Waals surface area contributed by atoms with Crippen molar-refractivity contribution in [1.29, 1.82) is 0 Å². The molecule has 3 aliphatic rings. The lowest BCUT2D eigenvalue weighted by Crippen LogP contribution is -2.61. The number of hydrogen-bond acceptors (Lipinski definition) is 6. The van der Waals surface area contributed by atoms with Crippen LogP contribution in [0.25, 0.3) is 0 Å². The van der Waals surface area contributed by atoms with E-state index in [0.29, 0.717) is 24.5 Å². The van der Waals surface area contributed by atoms with Gasteiger partial charge in [-0.25, -0.2) is 0 Å². The van der Waals surface area contributed by atoms with E-state index < -0.39 is 40.7 Å². The van der Waals surface area contributed by atoms with Crippen molar-refractivity contribution in [3.05, 3.63) is 49.6 Å². The number of carbonyl (C=O) groups excluding carboxylic acids is 3. The maximum absolute atomic E-state index is 14.6. The van der Waals surface area contributed by atoms with Crippen LogP contribution in [0.2, 0.25) is 0 Å². The third-order valence-corrected chi connectivity index (χ3v) is 9.42. The number of hydrogen-bond donors (Lipinski definition) is 1. The van der Waals surface area contributed by atoms with E-state index in [2.05, 4.69) is 13.2 Å². The largest absolute Gasteiger partial charge is 0.494 e. The molecule has 1 aromatic carbocycles. The summed E-state index contributed by atoms with van der Waals surface area (Å²) < 4.78 is 12.5. The molecule has 3 amide bonds. The standard InChI is InChI=1S/C33H47N3O6/c1-10-17-34(23-13-15-24(16-14-23)41-12-3)28(38)25-26-29(39)36(22(5)20-37)27(30(40)35(18-11-2)31(6,7)8)33(26)19-21(4)32(25,9)42-33/h10-11,13-16,21-22,25-27,37H,1-2,12,17-20H2,3-9H3/t21?,22-,25+,26+,27?,32-,33?/m1/s1. The lowest BCUT2D eigenvalue weighted by Gasteiger charge is -2.43. The quantitative estimate of drug-likeness (QED) is 0.399. The first-order chi connectivity index (χ1) is 19.7. The lowest BCUT2D eigenvalue weighted by atomic mass is 9.62. The average molecular weight is 582 g/mol. The van der Waals surface area contributed by atoms with Crippen LogP contribution < -0.4 is 9.64 Å². The van der Waals surface area contributed by atoms with Gasteiger partial charge in [-0.15, -0.1) is 13.2 Å². The van der Waals surface area contributed by atoms with E-state index >= 15 is 0 Å². The number of fused-ring (bicyclic) bond motifs is 1. The third-order valence-electron chi connectivity index (χ3n) is 9.42. The SMILES string of the molecule is C=CCN(C(=O)[C@@H]1[C@H]2C(=O)N([C@H](C)CO)C(C(=O)N(CC=C)C(C)(C)C)C23CC(C)[C@@]1(C)O3)c1ccc(OCC)cc1. The predicted octanol–water partition coefficient (Wildman–Crippen LogP) is 3.81. The van der Waals surface area contributed by atoms with Gasteiger partial charge in [0.1, 0.15) is 17.4 Å². The number of ether oxygens (including phenoxy) is 2. The molecule has 0 saturated carbocycles. The van der Waals surface area contributed by atoms with Crippen LogP contribution in [-0.4, -0.2) is 87.8 Å². The van der Waals surface area contributed by atoms with Crippen molar-refractivity contribution in [3.8, 4) is 5.75 Å². The van der Waals surface area contributed by atoms with Crippen LogP contribution in [0, 0.1) is 17.8 Å². The summed E-state index contributed by atoms with van der Waals surface area (Å²) in [6.07, 6.45) is 3.77. The Morgan fingerprint density at radius 1 is 1.19 bits per heavy atom. The number of aliphatic hydroxyl groups is 1. The zero-order valence-electron chi connectivity index (χ0n) is 26.1. The molecule has 7 atom stereocenters. The zero-order valence-corrected chi connectivity index (χ0v) is 26.1. The molecule has 1 spiro atoms. The number of carbonyl (C=O) groups is 3. The van der Waals surface area contributed by atoms with Crippen molar-refractivity contribution < 1.29 is 29.0 Å². The van der Waals surface area contributed by atoms with Gasteiger partial charge < -0.3 is 29.3 Å². The Kier molecular flexibility index (Phi) is 8.69. The fourth-order valence-electron chi connectivity index (χ4n) is 7.37. The van der Waals surface area contributed by atoms with E-state index in [1.807, 2.05) is 65.8 Å². The van der Waals surface area contributed by atoms with E-state index in [1.54, 1.807) is 28.9 Å². The summed E-state index contributed by atoms with van der Waals surface area (Å²) in [6.45, 7) is 21.8. The first-order valence-corrected chi connectivity index (χ1v) is 14.9. The monoisotopic (exact) mass is 581 g/mol. The van der Waals surface area contributed by atoms with Gasteiger partial charge in [-0.2, -0.15) is 0 Å². The summed E-state index contributed by atoms with van der Waals surface area (Å²) >= 11 is 0. The molecule has 4 rings (SSSR count). The topological polar surface area (TPSA) is 99.6 Å². The molecule has 2 bridgehead atoms. The average Bonchev–Trinajstić information content (AvgIpc) is 3.45. The van der Waals surface area contributed by atoms with Crippen molar-refractivity contribution in [1.82, 2.24) is 9.80 Å².